The fourth-order valence-corrected chi connectivity index (χ4v) is 6.07. The number of hydrogen-bond donors (Lipinski definition) is 1. The van der Waals surface area contributed by atoms with Gasteiger partial charge >= 0.3 is 0 Å². The van der Waals surface area contributed by atoms with Gasteiger partial charge in [-0.15, -0.1) is 0 Å². The maximum atomic E-state index is 5.36. The van der Waals surface area contributed by atoms with Gasteiger partial charge in [0.15, 0.2) is 17.5 Å². The van der Waals surface area contributed by atoms with Crippen LogP contribution in [0.5, 0.6) is 0 Å². The van der Waals surface area contributed by atoms with Crippen LogP contribution in [0.1, 0.15) is 60.7 Å². The van der Waals surface area contributed by atoms with Crippen LogP contribution in [-0.2, 0) is 12.8 Å². The lowest BCUT2D eigenvalue weighted by Crippen LogP contribution is -2.46. The molecule has 4 aromatic carbocycles. The van der Waals surface area contributed by atoms with Gasteiger partial charge in [0, 0.05) is 11.3 Å². The van der Waals surface area contributed by atoms with E-state index in [1.165, 1.54) is 29.5 Å². The Labute approximate surface area is 253 Å². The topological polar surface area (TPSA) is 57.8 Å². The van der Waals surface area contributed by atoms with Gasteiger partial charge in [-0.2, -0.15) is 5.10 Å². The van der Waals surface area contributed by atoms with Gasteiger partial charge in [-0.25, -0.2) is 14.7 Å². The van der Waals surface area contributed by atoms with E-state index in [0.29, 0.717) is 0 Å². The highest BCUT2D eigenvalue weighted by atomic mass is 15.4. The summed E-state index contributed by atoms with van der Waals surface area (Å²) in [6.07, 6.45) is 4.48. The van der Waals surface area contributed by atoms with Crippen molar-refractivity contribution in [2.75, 3.05) is 10.2 Å². The lowest BCUT2D eigenvalue weighted by atomic mass is 9.92. The molecule has 3 heterocycles. The Kier molecular flexibility index (Phi) is 7.11. The van der Waals surface area contributed by atoms with Crippen LogP contribution in [0.25, 0.3) is 5.69 Å². The number of unbranched alkanes of at least 4 members (excludes halogenated alkanes) is 1. The second-order valence-electron chi connectivity index (χ2n) is 11.2. The van der Waals surface area contributed by atoms with Gasteiger partial charge in [-0.1, -0.05) is 87.0 Å². The summed E-state index contributed by atoms with van der Waals surface area (Å²) in [6, 6.07) is 36.2. The first-order valence-electron chi connectivity index (χ1n) is 15.3. The van der Waals surface area contributed by atoms with Crippen LogP contribution in [0, 0.1) is 6.92 Å². The first kappa shape index (κ1) is 26.9. The van der Waals surface area contributed by atoms with Crippen molar-refractivity contribution in [1.29, 1.82) is 0 Å². The summed E-state index contributed by atoms with van der Waals surface area (Å²) in [5, 5.41) is 8.69. The molecule has 1 N–H and O–H groups in total. The number of para-hydroxylation sites is 3. The highest BCUT2D eigenvalue weighted by Gasteiger charge is 2.41. The smallest absolute Gasteiger partial charge is 0.179 e. The SMILES string of the molecule is CCCCc1ccc(NC2=Nc3ccccc3N3C2=Nc2c(c(C)nn2-c2ccccc2)[C@@H]3c2ccc(CC)cc2)cc1. The van der Waals surface area contributed by atoms with Crippen LogP contribution in [0.2, 0.25) is 0 Å². The summed E-state index contributed by atoms with van der Waals surface area (Å²) in [7, 11) is 0. The monoisotopic (exact) mass is 564 g/mol. The average molecular weight is 565 g/mol. The Morgan fingerprint density at radius 3 is 2.23 bits per heavy atom. The molecule has 6 heteroatoms. The Morgan fingerprint density at radius 1 is 0.767 bits per heavy atom. The number of nitrogens with zero attached hydrogens (tertiary/aromatic N) is 5. The van der Waals surface area contributed by atoms with Crippen LogP contribution in [0.3, 0.4) is 0 Å². The van der Waals surface area contributed by atoms with Crippen molar-refractivity contribution < 1.29 is 0 Å². The molecule has 5 aromatic rings. The normalized spacial score (nSPS) is 15.2. The highest BCUT2D eigenvalue weighted by molar-refractivity contribution is 6.51. The number of amidine groups is 2. The number of aryl methyl sites for hydroxylation is 3. The summed E-state index contributed by atoms with van der Waals surface area (Å²) >= 11 is 0. The largest absolute Gasteiger partial charge is 0.337 e. The average Bonchev–Trinajstić information content (AvgIpc) is 3.39. The minimum Gasteiger partial charge on any atom is -0.337 e. The van der Waals surface area contributed by atoms with E-state index in [-0.39, 0.29) is 6.04 Å². The number of hydrogen-bond acceptors (Lipinski definition) is 5. The number of anilines is 2. The second kappa shape index (κ2) is 11.4. The van der Waals surface area contributed by atoms with Gasteiger partial charge in [0.2, 0.25) is 0 Å². The Bertz CT molecular complexity index is 1810. The summed E-state index contributed by atoms with van der Waals surface area (Å²) in [4.78, 5) is 12.8. The van der Waals surface area contributed by atoms with Gasteiger partial charge < -0.3 is 10.2 Å². The molecule has 0 saturated carbocycles. The minimum absolute atomic E-state index is 0.129. The molecule has 0 radical (unpaired) electrons. The Hall–Kier alpha value is -4.97. The summed E-state index contributed by atoms with van der Waals surface area (Å²) in [5.41, 5.74) is 9.84. The predicted octanol–water partition coefficient (Wildman–Crippen LogP) is 8.88. The molecule has 0 amide bonds. The fourth-order valence-electron chi connectivity index (χ4n) is 6.07. The molecule has 0 fully saturated rings. The molecule has 0 aliphatic carbocycles. The molecule has 214 valence electrons. The summed E-state index contributed by atoms with van der Waals surface area (Å²) in [6.45, 7) is 6.52. The fraction of sp³-hybridized carbons (Fsp3) is 0.216. The van der Waals surface area contributed by atoms with Crippen molar-refractivity contribution in [2.24, 2.45) is 9.98 Å². The van der Waals surface area contributed by atoms with Crippen molar-refractivity contribution in [2.45, 2.75) is 52.5 Å². The van der Waals surface area contributed by atoms with Crippen molar-refractivity contribution in [1.82, 2.24) is 9.78 Å². The zero-order chi connectivity index (χ0) is 29.3. The van der Waals surface area contributed by atoms with E-state index in [1.54, 1.807) is 0 Å². The van der Waals surface area contributed by atoms with Gasteiger partial charge in [0.25, 0.3) is 0 Å². The number of fused-ring (bicyclic) bond motifs is 4. The number of aromatic nitrogens is 2. The van der Waals surface area contributed by atoms with E-state index in [4.69, 9.17) is 15.1 Å². The van der Waals surface area contributed by atoms with Crippen molar-refractivity contribution in [3.63, 3.8) is 0 Å². The summed E-state index contributed by atoms with van der Waals surface area (Å²) in [5.74, 6) is 2.34. The maximum absolute atomic E-state index is 5.36. The molecule has 0 unspecified atom stereocenters. The zero-order valence-corrected chi connectivity index (χ0v) is 25.0. The molecule has 2 aliphatic rings. The van der Waals surface area contributed by atoms with Crippen molar-refractivity contribution >= 4 is 34.6 Å². The molecular weight excluding hydrogens is 528 g/mol. The summed E-state index contributed by atoms with van der Waals surface area (Å²) < 4.78 is 1.98. The number of rotatable bonds is 7. The second-order valence-corrected chi connectivity index (χ2v) is 11.2. The van der Waals surface area contributed by atoms with Crippen LogP contribution in [0.15, 0.2) is 113 Å². The first-order valence-corrected chi connectivity index (χ1v) is 15.3. The highest BCUT2D eigenvalue weighted by Crippen LogP contribution is 2.48. The molecule has 43 heavy (non-hydrogen) atoms. The lowest BCUT2D eigenvalue weighted by Gasteiger charge is -2.40. The molecule has 1 atom stereocenters. The van der Waals surface area contributed by atoms with E-state index in [0.717, 1.165) is 64.3 Å². The van der Waals surface area contributed by atoms with E-state index in [1.807, 2.05) is 28.9 Å². The predicted molar refractivity (Wildman–Crippen MR) is 178 cm³/mol. The van der Waals surface area contributed by atoms with Gasteiger partial charge in [-0.3, -0.25) is 0 Å². The van der Waals surface area contributed by atoms with E-state index in [2.05, 4.69) is 110 Å². The third-order valence-corrected chi connectivity index (χ3v) is 8.38. The van der Waals surface area contributed by atoms with E-state index < -0.39 is 0 Å². The molecule has 7 rings (SSSR count). The Morgan fingerprint density at radius 2 is 1.49 bits per heavy atom. The number of benzene rings is 4. The maximum Gasteiger partial charge on any atom is 0.179 e. The Balaban J connectivity index is 1.41. The third-order valence-electron chi connectivity index (χ3n) is 8.38. The molecule has 2 aliphatic heterocycles. The van der Waals surface area contributed by atoms with Crippen LogP contribution >= 0.6 is 0 Å². The molecule has 6 nitrogen and oxygen atoms in total. The van der Waals surface area contributed by atoms with Gasteiger partial charge in [0.1, 0.15) is 0 Å². The van der Waals surface area contributed by atoms with E-state index >= 15 is 0 Å². The van der Waals surface area contributed by atoms with Crippen LogP contribution in [-0.4, -0.2) is 21.5 Å². The molecule has 0 bridgehead atoms. The van der Waals surface area contributed by atoms with Gasteiger partial charge in [0.05, 0.1) is 28.8 Å². The van der Waals surface area contributed by atoms with Crippen molar-refractivity contribution in [3.8, 4) is 5.69 Å². The lowest BCUT2D eigenvalue weighted by molar-refractivity contribution is 0.795. The number of aliphatic imine (C=N–C) groups is 2. The number of nitrogens with one attached hydrogen (secondary N) is 1. The zero-order valence-electron chi connectivity index (χ0n) is 25.0. The van der Waals surface area contributed by atoms with Gasteiger partial charge in [-0.05, 0) is 79.3 Å². The van der Waals surface area contributed by atoms with Crippen LogP contribution < -0.4 is 10.2 Å². The quantitative estimate of drug-likeness (QED) is 0.215. The van der Waals surface area contributed by atoms with Crippen LogP contribution in [0.4, 0.5) is 22.9 Å². The molecule has 1 aromatic heterocycles. The minimum atomic E-state index is -0.129. The van der Waals surface area contributed by atoms with Crippen molar-refractivity contribution in [3.05, 3.63) is 131 Å². The standard InChI is InChI=1S/C37H36N6/c1-4-6-12-27-19-23-29(24-20-27)38-35-37-40-36-33(25(3)41-43(36)30-13-8-7-9-14-30)34(28-21-17-26(5-2)18-22-28)42(37)32-16-11-10-15-31(32)39-35/h7-11,13-24,34H,4-6,12H2,1-3H3,(H,38,39)/t34-/m0/s1. The third kappa shape index (κ3) is 4.93. The van der Waals surface area contributed by atoms with E-state index in [9.17, 15) is 0 Å². The molecular formula is C37H36N6. The molecule has 0 saturated heterocycles. The first-order chi connectivity index (χ1) is 21.1. The molecule has 0 spiro atoms.